The lowest BCUT2D eigenvalue weighted by molar-refractivity contribution is -0.0573. The number of nitrogens with zero attached hydrogens (tertiary/aromatic N) is 2. The number of methoxy groups -OCH3 is 1. The van der Waals surface area contributed by atoms with Crippen molar-refractivity contribution in [2.24, 2.45) is 0 Å². The van der Waals surface area contributed by atoms with Crippen molar-refractivity contribution in [2.75, 3.05) is 13.7 Å². The number of aromatic nitrogens is 2. The number of esters is 3. The van der Waals surface area contributed by atoms with E-state index in [4.69, 9.17) is 37.4 Å². The second kappa shape index (κ2) is 11.5. The first-order chi connectivity index (χ1) is 17.8. The molecule has 0 amide bonds. The molecule has 0 N–H and O–H groups in total. The molecule has 0 bridgehead atoms. The summed E-state index contributed by atoms with van der Waals surface area (Å²) in [5, 5.41) is 0.918. The topological polar surface area (TPSA) is 123 Å². The summed E-state index contributed by atoms with van der Waals surface area (Å²) >= 11 is 11.8. The minimum absolute atomic E-state index is 0.0709. The lowest BCUT2D eigenvalue weighted by atomic mass is 10.1. The fourth-order valence-electron chi connectivity index (χ4n) is 3.73. The molecule has 0 spiro atoms. The van der Waals surface area contributed by atoms with E-state index in [9.17, 15) is 19.2 Å². The standard InChI is InChI=1S/C25H20Cl2N2O8/c1-34-25(33)22-18(11-30)29(13-28-22)21-10-19(37-24(32)15-4-8-17(27)9-5-15)20(36-21)12-35-23(31)14-2-6-16(26)7-3-14/h2-9,11,13,19-21H,10,12H2,1H3. The van der Waals surface area contributed by atoms with E-state index in [0.29, 0.717) is 16.3 Å². The molecule has 1 aliphatic heterocycles. The molecule has 192 valence electrons. The molecule has 37 heavy (non-hydrogen) atoms. The van der Waals surface area contributed by atoms with Gasteiger partial charge in [0, 0.05) is 16.5 Å². The van der Waals surface area contributed by atoms with Gasteiger partial charge in [-0.05, 0) is 48.5 Å². The van der Waals surface area contributed by atoms with Gasteiger partial charge in [-0.3, -0.25) is 4.79 Å². The highest BCUT2D eigenvalue weighted by atomic mass is 35.5. The Labute approximate surface area is 221 Å². The SMILES string of the molecule is COC(=O)c1ncn(C2CC(OC(=O)c3ccc(Cl)cc3)C(COC(=O)c3ccc(Cl)cc3)O2)c1C=O. The fraction of sp³-hybridized carbons (Fsp3) is 0.240. The Balaban J connectivity index is 1.54. The summed E-state index contributed by atoms with van der Waals surface area (Å²) in [4.78, 5) is 52.9. The van der Waals surface area contributed by atoms with Gasteiger partial charge in [0.1, 0.15) is 30.7 Å². The average Bonchev–Trinajstić information content (AvgIpc) is 3.51. The van der Waals surface area contributed by atoms with Gasteiger partial charge in [-0.25, -0.2) is 19.4 Å². The number of benzene rings is 2. The van der Waals surface area contributed by atoms with Gasteiger partial charge in [-0.2, -0.15) is 0 Å². The van der Waals surface area contributed by atoms with Crippen molar-refractivity contribution in [1.29, 1.82) is 0 Å². The maximum absolute atomic E-state index is 12.8. The second-order valence-corrected chi connectivity index (χ2v) is 8.79. The van der Waals surface area contributed by atoms with Gasteiger partial charge < -0.3 is 23.5 Å². The van der Waals surface area contributed by atoms with Crippen molar-refractivity contribution in [3.63, 3.8) is 0 Å². The summed E-state index contributed by atoms with van der Waals surface area (Å²) in [7, 11) is 1.17. The van der Waals surface area contributed by atoms with Crippen LogP contribution in [-0.2, 0) is 18.9 Å². The van der Waals surface area contributed by atoms with Gasteiger partial charge in [-0.1, -0.05) is 23.2 Å². The molecule has 0 radical (unpaired) electrons. The normalized spacial score (nSPS) is 18.7. The Kier molecular flexibility index (Phi) is 8.22. The summed E-state index contributed by atoms with van der Waals surface area (Å²) in [6.45, 7) is -0.258. The average molecular weight is 547 g/mol. The molecular weight excluding hydrogens is 527 g/mol. The maximum atomic E-state index is 12.8. The highest BCUT2D eigenvalue weighted by Crippen LogP contribution is 2.33. The fourth-order valence-corrected chi connectivity index (χ4v) is 3.99. The zero-order valence-electron chi connectivity index (χ0n) is 19.3. The van der Waals surface area contributed by atoms with E-state index in [2.05, 4.69) is 9.72 Å². The molecule has 0 aliphatic carbocycles. The van der Waals surface area contributed by atoms with Gasteiger partial charge in [0.25, 0.3) is 0 Å². The van der Waals surface area contributed by atoms with Crippen LogP contribution in [0.25, 0.3) is 0 Å². The lowest BCUT2D eigenvalue weighted by Gasteiger charge is -2.19. The summed E-state index contributed by atoms with van der Waals surface area (Å²) in [5.74, 6) is -2.06. The van der Waals surface area contributed by atoms with Gasteiger partial charge in [0.2, 0.25) is 0 Å². The Morgan fingerprint density at radius 1 is 1.00 bits per heavy atom. The first kappa shape index (κ1) is 26.3. The summed E-state index contributed by atoms with van der Waals surface area (Å²) in [6.07, 6.45) is -0.823. The van der Waals surface area contributed by atoms with Crippen molar-refractivity contribution < 1.29 is 38.1 Å². The van der Waals surface area contributed by atoms with Gasteiger partial charge >= 0.3 is 17.9 Å². The number of aldehydes is 1. The van der Waals surface area contributed by atoms with Crippen LogP contribution in [0, 0.1) is 0 Å². The number of hydrogen-bond acceptors (Lipinski definition) is 9. The molecule has 4 rings (SSSR count). The van der Waals surface area contributed by atoms with E-state index < -0.39 is 36.3 Å². The first-order valence-electron chi connectivity index (χ1n) is 11.0. The van der Waals surface area contributed by atoms with Crippen LogP contribution in [0.1, 0.15) is 54.3 Å². The minimum atomic E-state index is -0.888. The van der Waals surface area contributed by atoms with Crippen molar-refractivity contribution >= 4 is 47.4 Å². The predicted octanol–water partition coefficient (Wildman–Crippen LogP) is 4.16. The zero-order valence-corrected chi connectivity index (χ0v) is 20.8. The van der Waals surface area contributed by atoms with Crippen LogP contribution in [0.4, 0.5) is 0 Å². The molecule has 1 saturated heterocycles. The summed E-state index contributed by atoms with van der Waals surface area (Å²) < 4.78 is 23.1. The van der Waals surface area contributed by atoms with Crippen LogP contribution in [0.2, 0.25) is 10.0 Å². The summed E-state index contributed by atoms with van der Waals surface area (Å²) in [6, 6.07) is 12.2. The minimum Gasteiger partial charge on any atom is -0.464 e. The third-order valence-corrected chi connectivity index (χ3v) is 6.11. The van der Waals surface area contributed by atoms with Crippen molar-refractivity contribution in [2.45, 2.75) is 24.9 Å². The quantitative estimate of drug-likeness (QED) is 0.232. The molecule has 1 aromatic heterocycles. The van der Waals surface area contributed by atoms with Gasteiger partial charge in [0.15, 0.2) is 12.0 Å². The molecule has 1 aliphatic rings. The molecule has 0 saturated carbocycles. The van der Waals surface area contributed by atoms with E-state index in [1.165, 1.54) is 42.3 Å². The smallest absolute Gasteiger partial charge is 0.359 e. The Morgan fingerprint density at radius 2 is 1.59 bits per heavy atom. The number of halogens is 2. The molecule has 3 aromatic rings. The predicted molar refractivity (Wildman–Crippen MR) is 130 cm³/mol. The third-order valence-electron chi connectivity index (χ3n) is 5.61. The molecule has 2 heterocycles. The van der Waals surface area contributed by atoms with Crippen LogP contribution >= 0.6 is 23.2 Å². The molecule has 3 atom stereocenters. The lowest BCUT2D eigenvalue weighted by Crippen LogP contribution is -2.32. The monoisotopic (exact) mass is 546 g/mol. The second-order valence-electron chi connectivity index (χ2n) is 7.92. The molecule has 12 heteroatoms. The van der Waals surface area contributed by atoms with E-state index in [1.54, 1.807) is 24.3 Å². The highest BCUT2D eigenvalue weighted by Gasteiger charge is 2.41. The Bertz CT molecular complexity index is 1310. The highest BCUT2D eigenvalue weighted by molar-refractivity contribution is 6.31. The number of imidazole rings is 1. The number of carbonyl (C=O) groups excluding carboxylic acids is 4. The van der Waals surface area contributed by atoms with E-state index >= 15 is 0 Å². The van der Waals surface area contributed by atoms with Crippen molar-refractivity contribution in [1.82, 2.24) is 9.55 Å². The number of rotatable bonds is 8. The summed E-state index contributed by atoms with van der Waals surface area (Å²) in [5.41, 5.74) is 0.273. The zero-order chi connectivity index (χ0) is 26.5. The molecule has 3 unspecified atom stereocenters. The van der Waals surface area contributed by atoms with Crippen LogP contribution in [0.3, 0.4) is 0 Å². The first-order valence-corrected chi connectivity index (χ1v) is 11.7. The van der Waals surface area contributed by atoms with Crippen LogP contribution in [0.5, 0.6) is 0 Å². The van der Waals surface area contributed by atoms with Gasteiger partial charge in [0.05, 0.1) is 24.6 Å². The van der Waals surface area contributed by atoms with Crippen LogP contribution in [-0.4, -0.2) is 59.7 Å². The molecule has 1 fully saturated rings. The third kappa shape index (κ3) is 5.99. The Hall–Kier alpha value is -3.73. The molecule has 10 nitrogen and oxygen atoms in total. The molecule has 2 aromatic carbocycles. The van der Waals surface area contributed by atoms with E-state index in [1.807, 2.05) is 0 Å². The largest absolute Gasteiger partial charge is 0.464 e. The van der Waals surface area contributed by atoms with E-state index in [-0.39, 0.29) is 35.5 Å². The number of ether oxygens (including phenoxy) is 4. The number of hydrogen-bond donors (Lipinski definition) is 0. The van der Waals surface area contributed by atoms with Crippen molar-refractivity contribution in [3.8, 4) is 0 Å². The van der Waals surface area contributed by atoms with Crippen LogP contribution < -0.4 is 0 Å². The van der Waals surface area contributed by atoms with Crippen molar-refractivity contribution in [3.05, 3.63) is 87.4 Å². The maximum Gasteiger partial charge on any atom is 0.359 e. The number of carbonyl (C=O) groups is 4. The Morgan fingerprint density at radius 3 is 2.16 bits per heavy atom. The van der Waals surface area contributed by atoms with Crippen LogP contribution in [0.15, 0.2) is 54.9 Å². The van der Waals surface area contributed by atoms with Gasteiger partial charge in [-0.15, -0.1) is 0 Å². The van der Waals surface area contributed by atoms with E-state index in [0.717, 1.165) is 0 Å². The molecular formula is C25H20Cl2N2O8.